The van der Waals surface area contributed by atoms with Crippen LogP contribution in [0.3, 0.4) is 0 Å². The van der Waals surface area contributed by atoms with Crippen LogP contribution in [0.15, 0.2) is 29.3 Å². The topological polar surface area (TPSA) is 34.9 Å². The second-order valence-electron chi connectivity index (χ2n) is 4.14. The Labute approximate surface area is 117 Å². The van der Waals surface area contributed by atoms with Gasteiger partial charge in [-0.15, -0.1) is 11.8 Å². The molecule has 0 amide bonds. The van der Waals surface area contributed by atoms with Crippen LogP contribution in [-0.4, -0.2) is 22.3 Å². The maximum atomic E-state index is 13.0. The van der Waals surface area contributed by atoms with Gasteiger partial charge in [0.2, 0.25) is 0 Å². The number of thioether (sulfide) groups is 1. The van der Waals surface area contributed by atoms with Crippen molar-refractivity contribution >= 4 is 18.0 Å². The van der Waals surface area contributed by atoms with Gasteiger partial charge < -0.3 is 0 Å². The third-order valence-electron chi connectivity index (χ3n) is 2.76. The van der Waals surface area contributed by atoms with Crippen molar-refractivity contribution < 1.29 is 18.0 Å². The number of hydrogen-bond acceptors (Lipinski definition) is 3. The molecule has 0 saturated carbocycles. The Morgan fingerprint density at radius 3 is 2.60 bits per heavy atom. The summed E-state index contributed by atoms with van der Waals surface area (Å²) < 4.78 is 40.4. The molecule has 106 valence electrons. The van der Waals surface area contributed by atoms with Crippen LogP contribution in [0.2, 0.25) is 0 Å². The number of halogens is 3. The van der Waals surface area contributed by atoms with Crippen LogP contribution in [0.4, 0.5) is 13.2 Å². The highest BCUT2D eigenvalue weighted by molar-refractivity contribution is 7.98. The van der Waals surface area contributed by atoms with Gasteiger partial charge in [0.05, 0.1) is 11.1 Å². The summed E-state index contributed by atoms with van der Waals surface area (Å²) in [4.78, 5) is 11.1. The Hall–Kier alpha value is -1.76. The second kappa shape index (κ2) is 5.32. The monoisotopic (exact) mass is 300 g/mol. The number of carbonyl (C=O) groups excluding carboxylic acids is 1. The standard InChI is InChI=1S/C13H11F3N2OS/c1-18-6-9(7-19)12(17-18)8-3-4-11(20-2)10(5-8)13(14,15)16/h3-7H,1-2H3. The fourth-order valence-corrected chi connectivity index (χ4v) is 2.49. The van der Waals surface area contributed by atoms with Gasteiger partial charge >= 0.3 is 6.18 Å². The zero-order chi connectivity index (χ0) is 14.9. The quantitative estimate of drug-likeness (QED) is 0.641. The zero-order valence-electron chi connectivity index (χ0n) is 10.7. The summed E-state index contributed by atoms with van der Waals surface area (Å²) in [7, 11) is 1.61. The number of hydrogen-bond donors (Lipinski definition) is 0. The molecule has 0 fully saturated rings. The molecule has 0 radical (unpaired) electrons. The first-order valence-corrected chi connectivity index (χ1v) is 6.83. The molecule has 0 atom stereocenters. The molecule has 1 aromatic heterocycles. The van der Waals surface area contributed by atoms with Crippen LogP contribution < -0.4 is 0 Å². The van der Waals surface area contributed by atoms with E-state index in [1.807, 2.05) is 0 Å². The third-order valence-corrected chi connectivity index (χ3v) is 3.56. The van der Waals surface area contributed by atoms with E-state index < -0.39 is 11.7 Å². The number of aromatic nitrogens is 2. The molecular weight excluding hydrogens is 289 g/mol. The van der Waals surface area contributed by atoms with Crippen molar-refractivity contribution in [3.8, 4) is 11.3 Å². The first-order valence-electron chi connectivity index (χ1n) is 5.61. The highest BCUT2D eigenvalue weighted by Gasteiger charge is 2.33. The minimum atomic E-state index is -4.44. The first-order chi connectivity index (χ1) is 9.36. The molecule has 0 N–H and O–H groups in total. The van der Waals surface area contributed by atoms with Gasteiger partial charge in [-0.1, -0.05) is 6.07 Å². The Balaban J connectivity index is 2.61. The third kappa shape index (κ3) is 2.72. The van der Waals surface area contributed by atoms with E-state index in [0.29, 0.717) is 6.29 Å². The molecule has 0 unspecified atom stereocenters. The summed E-state index contributed by atoms with van der Waals surface area (Å²) in [5, 5.41) is 4.04. The lowest BCUT2D eigenvalue weighted by Crippen LogP contribution is -2.07. The predicted molar refractivity (Wildman–Crippen MR) is 70.8 cm³/mol. The average molecular weight is 300 g/mol. The molecule has 7 heteroatoms. The Bertz CT molecular complexity index is 650. The van der Waals surface area contributed by atoms with Gasteiger partial charge in [0, 0.05) is 23.7 Å². The van der Waals surface area contributed by atoms with Gasteiger partial charge in [-0.25, -0.2) is 0 Å². The van der Waals surface area contributed by atoms with E-state index in [1.165, 1.54) is 23.0 Å². The van der Waals surface area contributed by atoms with Crippen molar-refractivity contribution in [3.63, 3.8) is 0 Å². The van der Waals surface area contributed by atoms with Gasteiger partial charge in [-0.05, 0) is 18.4 Å². The minimum absolute atomic E-state index is 0.143. The van der Waals surface area contributed by atoms with Gasteiger partial charge in [-0.3, -0.25) is 9.48 Å². The molecule has 20 heavy (non-hydrogen) atoms. The van der Waals surface area contributed by atoms with Gasteiger partial charge in [0.1, 0.15) is 5.69 Å². The molecule has 0 aliphatic carbocycles. The second-order valence-corrected chi connectivity index (χ2v) is 4.99. The Morgan fingerprint density at radius 1 is 1.35 bits per heavy atom. The van der Waals surface area contributed by atoms with Crippen LogP contribution >= 0.6 is 11.8 Å². The number of benzene rings is 1. The lowest BCUT2D eigenvalue weighted by molar-refractivity contribution is -0.139. The number of nitrogens with zero attached hydrogens (tertiary/aromatic N) is 2. The summed E-state index contributed by atoms with van der Waals surface area (Å²) in [5.74, 6) is 0. The molecule has 3 nitrogen and oxygen atoms in total. The fraction of sp³-hybridized carbons (Fsp3) is 0.231. The van der Waals surface area contributed by atoms with Gasteiger partial charge in [0.25, 0.3) is 0 Å². The molecule has 0 bridgehead atoms. The van der Waals surface area contributed by atoms with Gasteiger partial charge in [-0.2, -0.15) is 18.3 Å². The normalized spacial score (nSPS) is 11.7. The summed E-state index contributed by atoms with van der Waals surface area (Å²) >= 11 is 1.03. The molecule has 1 aromatic carbocycles. The number of aldehydes is 1. The summed E-state index contributed by atoms with van der Waals surface area (Å²) in [6.45, 7) is 0. The van der Waals surface area contributed by atoms with Crippen LogP contribution in [0.25, 0.3) is 11.3 Å². The molecule has 0 saturated heterocycles. The number of rotatable bonds is 3. The summed E-state index contributed by atoms with van der Waals surface area (Å²) in [6.07, 6.45) is -0.803. The van der Waals surface area contributed by atoms with Crippen LogP contribution in [-0.2, 0) is 13.2 Å². The molecule has 2 aromatic rings. The van der Waals surface area contributed by atoms with Crippen LogP contribution in [0, 0.1) is 0 Å². The fourth-order valence-electron chi connectivity index (χ4n) is 1.89. The predicted octanol–water partition coefficient (Wildman–Crippen LogP) is 3.64. The van der Waals surface area contributed by atoms with Crippen LogP contribution in [0.5, 0.6) is 0 Å². The van der Waals surface area contributed by atoms with E-state index in [0.717, 1.165) is 17.8 Å². The molecule has 2 rings (SSSR count). The highest BCUT2D eigenvalue weighted by Crippen LogP contribution is 2.38. The smallest absolute Gasteiger partial charge is 0.298 e. The first kappa shape index (κ1) is 14.6. The minimum Gasteiger partial charge on any atom is -0.298 e. The summed E-state index contributed by atoms with van der Waals surface area (Å²) in [5.41, 5.74) is 0.0704. The SMILES string of the molecule is CSc1ccc(-c2nn(C)cc2C=O)cc1C(F)(F)F. The number of aryl methyl sites for hydroxylation is 1. The van der Waals surface area contributed by atoms with Crippen molar-refractivity contribution in [2.24, 2.45) is 7.05 Å². The lowest BCUT2D eigenvalue weighted by atomic mass is 10.1. The van der Waals surface area contributed by atoms with E-state index in [9.17, 15) is 18.0 Å². The Kier molecular flexibility index (Phi) is 3.89. The molecule has 0 aliphatic heterocycles. The summed E-state index contributed by atoms with van der Waals surface area (Å²) in [6, 6.07) is 3.96. The van der Waals surface area contributed by atoms with Gasteiger partial charge in [0.15, 0.2) is 6.29 Å². The van der Waals surface area contributed by atoms with E-state index in [-0.39, 0.29) is 21.7 Å². The molecule has 0 spiro atoms. The van der Waals surface area contributed by atoms with E-state index in [4.69, 9.17) is 0 Å². The zero-order valence-corrected chi connectivity index (χ0v) is 11.5. The molecular formula is C13H11F3N2OS. The largest absolute Gasteiger partial charge is 0.417 e. The molecule has 0 aliphatic rings. The van der Waals surface area contributed by atoms with Crippen molar-refractivity contribution in [2.45, 2.75) is 11.1 Å². The lowest BCUT2D eigenvalue weighted by Gasteiger charge is -2.12. The van der Waals surface area contributed by atoms with Crippen molar-refractivity contribution in [3.05, 3.63) is 35.5 Å². The van der Waals surface area contributed by atoms with Crippen molar-refractivity contribution in [1.82, 2.24) is 9.78 Å². The maximum absolute atomic E-state index is 13.0. The molecule has 1 heterocycles. The van der Waals surface area contributed by atoms with Crippen molar-refractivity contribution in [1.29, 1.82) is 0 Å². The highest BCUT2D eigenvalue weighted by atomic mass is 32.2. The number of alkyl halides is 3. The van der Waals surface area contributed by atoms with E-state index >= 15 is 0 Å². The van der Waals surface area contributed by atoms with Crippen molar-refractivity contribution in [2.75, 3.05) is 6.26 Å². The Morgan fingerprint density at radius 2 is 2.05 bits per heavy atom. The average Bonchev–Trinajstić information content (AvgIpc) is 2.78. The van der Waals surface area contributed by atoms with Crippen LogP contribution in [0.1, 0.15) is 15.9 Å². The van der Waals surface area contributed by atoms with E-state index in [1.54, 1.807) is 13.3 Å². The number of carbonyl (C=O) groups is 1. The van der Waals surface area contributed by atoms with E-state index in [2.05, 4.69) is 5.10 Å². The maximum Gasteiger partial charge on any atom is 0.417 e.